The molecule has 31 heavy (non-hydrogen) atoms. The molecule has 0 radical (unpaired) electrons. The summed E-state index contributed by atoms with van der Waals surface area (Å²) in [4.78, 5) is 23.3. The second kappa shape index (κ2) is 8.57. The van der Waals surface area contributed by atoms with Crippen molar-refractivity contribution in [2.75, 3.05) is 10.0 Å². The first-order valence-corrected chi connectivity index (χ1v) is 10.8. The molecule has 0 fully saturated rings. The molecule has 0 heterocycles. The van der Waals surface area contributed by atoms with E-state index in [2.05, 4.69) is 10.0 Å². The zero-order chi connectivity index (χ0) is 22.8. The zero-order valence-corrected chi connectivity index (χ0v) is 18.0. The Balaban J connectivity index is 1.91. The maximum Gasteiger partial charge on any atom is 0.274 e. The maximum atomic E-state index is 12.9. The maximum absolute atomic E-state index is 12.9. The third-order valence-corrected chi connectivity index (χ3v) is 6.28. The minimum absolute atomic E-state index is 0.0302. The first kappa shape index (κ1) is 22.0. The number of carbonyl (C=O) groups excluding carboxylic acids is 1. The lowest BCUT2D eigenvalue weighted by molar-refractivity contribution is -0.385. The van der Waals surface area contributed by atoms with Gasteiger partial charge in [-0.1, -0.05) is 24.3 Å². The van der Waals surface area contributed by atoms with Crippen molar-refractivity contribution in [2.45, 2.75) is 25.7 Å². The predicted molar refractivity (Wildman–Crippen MR) is 119 cm³/mol. The summed E-state index contributed by atoms with van der Waals surface area (Å²) in [6.45, 7) is 5.02. The number of sulfonamides is 1. The Hall–Kier alpha value is -3.72. The van der Waals surface area contributed by atoms with E-state index in [4.69, 9.17) is 0 Å². The number of nitro groups is 1. The van der Waals surface area contributed by atoms with Gasteiger partial charge in [-0.2, -0.15) is 0 Å². The quantitative estimate of drug-likeness (QED) is 0.431. The molecule has 3 rings (SSSR count). The molecule has 9 heteroatoms. The number of rotatable bonds is 6. The minimum atomic E-state index is -3.94. The molecule has 1 amide bonds. The largest absolute Gasteiger partial charge is 0.321 e. The third kappa shape index (κ3) is 4.89. The van der Waals surface area contributed by atoms with Crippen LogP contribution >= 0.6 is 0 Å². The summed E-state index contributed by atoms with van der Waals surface area (Å²) in [5, 5.41) is 13.7. The molecule has 0 aromatic heterocycles. The Bertz CT molecular complexity index is 1290. The Morgan fingerprint density at radius 1 is 0.968 bits per heavy atom. The highest BCUT2D eigenvalue weighted by Gasteiger charge is 2.21. The van der Waals surface area contributed by atoms with E-state index in [0.717, 1.165) is 5.56 Å². The van der Waals surface area contributed by atoms with Crippen molar-refractivity contribution in [3.8, 4) is 0 Å². The van der Waals surface area contributed by atoms with Gasteiger partial charge in [-0.25, -0.2) is 8.42 Å². The van der Waals surface area contributed by atoms with Crippen LogP contribution in [0.15, 0.2) is 65.6 Å². The number of hydrogen-bond donors (Lipinski definition) is 2. The van der Waals surface area contributed by atoms with E-state index in [0.29, 0.717) is 16.8 Å². The first-order valence-electron chi connectivity index (χ1n) is 9.34. The van der Waals surface area contributed by atoms with Crippen molar-refractivity contribution in [1.82, 2.24) is 0 Å². The number of nitro benzene ring substituents is 1. The smallest absolute Gasteiger partial charge is 0.274 e. The van der Waals surface area contributed by atoms with Gasteiger partial charge in [-0.05, 0) is 62.2 Å². The Morgan fingerprint density at radius 3 is 2.35 bits per heavy atom. The lowest BCUT2D eigenvalue weighted by atomic mass is 10.1. The van der Waals surface area contributed by atoms with E-state index in [-0.39, 0.29) is 21.8 Å². The highest BCUT2D eigenvalue weighted by molar-refractivity contribution is 7.92. The molecule has 0 spiro atoms. The van der Waals surface area contributed by atoms with E-state index in [1.54, 1.807) is 37.3 Å². The van der Waals surface area contributed by atoms with Crippen LogP contribution in [0.4, 0.5) is 17.1 Å². The monoisotopic (exact) mass is 439 g/mol. The van der Waals surface area contributed by atoms with Crippen LogP contribution in [0.2, 0.25) is 0 Å². The van der Waals surface area contributed by atoms with Crippen LogP contribution < -0.4 is 10.0 Å². The predicted octanol–water partition coefficient (Wildman–Crippen LogP) is 4.57. The van der Waals surface area contributed by atoms with Crippen LogP contribution in [0.3, 0.4) is 0 Å². The normalized spacial score (nSPS) is 11.1. The Labute approximate surface area is 180 Å². The van der Waals surface area contributed by atoms with Gasteiger partial charge >= 0.3 is 0 Å². The van der Waals surface area contributed by atoms with Crippen molar-refractivity contribution in [2.24, 2.45) is 0 Å². The van der Waals surface area contributed by atoms with Crippen LogP contribution in [0.5, 0.6) is 0 Å². The SMILES string of the molecule is Cc1cccc(NS(=O)(=O)c2cc(C(=O)Nc3cccc([N+](=O)[O-])c3C)ccc2C)c1. The first-order chi connectivity index (χ1) is 14.6. The molecule has 0 saturated carbocycles. The van der Waals surface area contributed by atoms with E-state index < -0.39 is 20.9 Å². The van der Waals surface area contributed by atoms with Gasteiger partial charge in [0.05, 0.1) is 21.1 Å². The zero-order valence-electron chi connectivity index (χ0n) is 17.2. The summed E-state index contributed by atoms with van der Waals surface area (Å²) in [5.74, 6) is -0.574. The van der Waals surface area contributed by atoms with Gasteiger partial charge in [0, 0.05) is 17.3 Å². The summed E-state index contributed by atoms with van der Waals surface area (Å²) in [5.41, 5.74) is 2.37. The molecule has 0 saturated heterocycles. The number of anilines is 2. The van der Waals surface area contributed by atoms with Gasteiger partial charge in [0.15, 0.2) is 0 Å². The van der Waals surface area contributed by atoms with E-state index in [1.807, 2.05) is 13.0 Å². The molecule has 0 unspecified atom stereocenters. The van der Waals surface area contributed by atoms with Crippen molar-refractivity contribution in [1.29, 1.82) is 0 Å². The highest BCUT2D eigenvalue weighted by Crippen LogP contribution is 2.26. The van der Waals surface area contributed by atoms with Crippen molar-refractivity contribution in [3.63, 3.8) is 0 Å². The second-order valence-electron chi connectivity index (χ2n) is 7.12. The summed E-state index contributed by atoms with van der Waals surface area (Å²) in [6, 6.07) is 15.6. The van der Waals surface area contributed by atoms with Crippen LogP contribution in [0.25, 0.3) is 0 Å². The number of nitrogens with one attached hydrogen (secondary N) is 2. The number of benzene rings is 3. The van der Waals surface area contributed by atoms with Gasteiger partial charge in [0.25, 0.3) is 21.6 Å². The van der Waals surface area contributed by atoms with Crippen molar-refractivity contribution in [3.05, 3.63) is 93.0 Å². The van der Waals surface area contributed by atoms with E-state index in [9.17, 15) is 23.3 Å². The van der Waals surface area contributed by atoms with Gasteiger partial charge in [-0.3, -0.25) is 19.6 Å². The summed E-state index contributed by atoms with van der Waals surface area (Å²) in [7, 11) is -3.94. The van der Waals surface area contributed by atoms with Gasteiger partial charge in [0.1, 0.15) is 0 Å². The average molecular weight is 439 g/mol. The molecule has 2 N–H and O–H groups in total. The van der Waals surface area contributed by atoms with Crippen molar-refractivity contribution >= 4 is 33.0 Å². The van der Waals surface area contributed by atoms with Crippen molar-refractivity contribution < 1.29 is 18.1 Å². The van der Waals surface area contributed by atoms with Gasteiger partial charge in [0.2, 0.25) is 0 Å². The molecule has 160 valence electrons. The molecular weight excluding hydrogens is 418 g/mol. The van der Waals surface area contributed by atoms with Crippen LogP contribution in [-0.4, -0.2) is 19.2 Å². The number of carbonyl (C=O) groups is 1. The Kier molecular flexibility index (Phi) is 6.07. The molecule has 0 atom stereocenters. The lowest BCUT2D eigenvalue weighted by Gasteiger charge is -2.13. The summed E-state index contributed by atoms with van der Waals surface area (Å²) >= 11 is 0. The Morgan fingerprint density at radius 2 is 1.68 bits per heavy atom. The standard InChI is InChI=1S/C22H21N3O5S/c1-14-6-4-7-18(12-14)24-31(29,30)21-13-17(11-10-15(21)2)22(26)23-19-8-5-9-20(16(19)3)25(27)28/h4-13,24H,1-3H3,(H,23,26). The number of amides is 1. The number of nitrogens with zero attached hydrogens (tertiary/aromatic N) is 1. The van der Waals surface area contributed by atoms with Crippen LogP contribution in [-0.2, 0) is 10.0 Å². The highest BCUT2D eigenvalue weighted by atomic mass is 32.2. The fourth-order valence-corrected chi connectivity index (χ4v) is 4.42. The van der Waals surface area contributed by atoms with Gasteiger partial charge < -0.3 is 5.32 Å². The molecule has 0 aliphatic carbocycles. The molecule has 0 aliphatic heterocycles. The van der Waals surface area contributed by atoms with E-state index in [1.165, 1.54) is 31.2 Å². The fraction of sp³-hybridized carbons (Fsp3) is 0.136. The van der Waals surface area contributed by atoms with Gasteiger partial charge in [-0.15, -0.1) is 0 Å². The minimum Gasteiger partial charge on any atom is -0.321 e. The molecule has 3 aromatic rings. The van der Waals surface area contributed by atoms with E-state index >= 15 is 0 Å². The number of hydrogen-bond acceptors (Lipinski definition) is 5. The summed E-state index contributed by atoms with van der Waals surface area (Å²) in [6.07, 6.45) is 0. The molecular formula is C22H21N3O5S. The molecule has 0 aliphatic rings. The number of aryl methyl sites for hydroxylation is 2. The molecule has 8 nitrogen and oxygen atoms in total. The molecule has 3 aromatic carbocycles. The van der Waals surface area contributed by atoms with Crippen LogP contribution in [0, 0.1) is 30.9 Å². The second-order valence-corrected chi connectivity index (χ2v) is 8.77. The average Bonchev–Trinajstić information content (AvgIpc) is 2.69. The topological polar surface area (TPSA) is 118 Å². The van der Waals surface area contributed by atoms with Crippen LogP contribution in [0.1, 0.15) is 27.0 Å². The summed E-state index contributed by atoms with van der Waals surface area (Å²) < 4.78 is 28.4. The molecule has 0 bridgehead atoms. The lowest BCUT2D eigenvalue weighted by Crippen LogP contribution is -2.17. The third-order valence-electron chi connectivity index (χ3n) is 4.76. The fourth-order valence-electron chi connectivity index (χ4n) is 3.10.